The van der Waals surface area contributed by atoms with Crippen molar-refractivity contribution in [2.75, 3.05) is 17.2 Å². The number of alkyl halides is 3. The second kappa shape index (κ2) is 6.49. The summed E-state index contributed by atoms with van der Waals surface area (Å²) in [7, 11) is 0. The van der Waals surface area contributed by atoms with Gasteiger partial charge in [0, 0.05) is 11.8 Å². The van der Waals surface area contributed by atoms with Crippen LogP contribution in [0.2, 0.25) is 0 Å². The molecule has 0 saturated carbocycles. The van der Waals surface area contributed by atoms with Crippen LogP contribution in [0.4, 0.5) is 18.9 Å². The second-order valence-electron chi connectivity index (χ2n) is 4.68. The molecule has 0 aromatic heterocycles. The van der Waals surface area contributed by atoms with E-state index in [1.165, 1.54) is 13.0 Å². The van der Waals surface area contributed by atoms with Gasteiger partial charge in [0.25, 0.3) is 5.91 Å². The molecule has 1 aromatic carbocycles. The maximum atomic E-state index is 12.8. The molecule has 0 radical (unpaired) electrons. The van der Waals surface area contributed by atoms with E-state index in [1.54, 1.807) is 0 Å². The van der Waals surface area contributed by atoms with Crippen molar-refractivity contribution in [2.24, 2.45) is 0 Å². The zero-order chi connectivity index (χ0) is 17.2. The summed E-state index contributed by atoms with van der Waals surface area (Å²) in [6.45, 7) is 0.682. The summed E-state index contributed by atoms with van der Waals surface area (Å²) in [5.74, 6) is -1.70. The molecule has 124 valence electrons. The highest BCUT2D eigenvalue weighted by molar-refractivity contribution is 8.00. The SMILES string of the molecule is CC(=O)NNC(=O)CN1C(=O)CSc2ccc(C(F)(F)F)cc21. The normalized spacial score (nSPS) is 14.3. The van der Waals surface area contributed by atoms with Gasteiger partial charge in [0.15, 0.2) is 0 Å². The van der Waals surface area contributed by atoms with E-state index < -0.39 is 36.0 Å². The van der Waals surface area contributed by atoms with E-state index in [9.17, 15) is 27.6 Å². The van der Waals surface area contributed by atoms with Crippen molar-refractivity contribution in [3.8, 4) is 0 Å². The summed E-state index contributed by atoms with van der Waals surface area (Å²) in [4.78, 5) is 35.8. The maximum Gasteiger partial charge on any atom is 0.416 e. The van der Waals surface area contributed by atoms with Crippen molar-refractivity contribution < 1.29 is 27.6 Å². The molecule has 0 unspecified atom stereocenters. The number of hydrazine groups is 1. The molecule has 10 heteroatoms. The third-order valence-electron chi connectivity index (χ3n) is 2.91. The minimum absolute atomic E-state index is 0.0196. The summed E-state index contributed by atoms with van der Waals surface area (Å²) in [5, 5.41) is 0. The number of benzene rings is 1. The molecule has 2 rings (SSSR count). The van der Waals surface area contributed by atoms with Crippen molar-refractivity contribution in [1.82, 2.24) is 10.9 Å². The van der Waals surface area contributed by atoms with Crippen LogP contribution >= 0.6 is 11.8 Å². The molecule has 1 aromatic rings. The van der Waals surface area contributed by atoms with E-state index in [0.29, 0.717) is 4.90 Å². The lowest BCUT2D eigenvalue weighted by molar-refractivity contribution is -0.137. The zero-order valence-electron chi connectivity index (χ0n) is 11.9. The molecule has 0 saturated heterocycles. The van der Waals surface area contributed by atoms with Crippen LogP contribution < -0.4 is 15.8 Å². The molecule has 3 amide bonds. The molecule has 1 aliphatic rings. The lowest BCUT2D eigenvalue weighted by atomic mass is 10.1. The first-order chi connectivity index (χ1) is 10.7. The van der Waals surface area contributed by atoms with Gasteiger partial charge in [-0.05, 0) is 18.2 Å². The van der Waals surface area contributed by atoms with Crippen LogP contribution in [0, 0.1) is 0 Å². The Hall–Kier alpha value is -2.23. The zero-order valence-corrected chi connectivity index (χ0v) is 12.7. The number of nitrogens with zero attached hydrogens (tertiary/aromatic N) is 1. The Balaban J connectivity index is 2.26. The molecular formula is C13H12F3N3O3S. The van der Waals surface area contributed by atoms with Crippen molar-refractivity contribution in [3.63, 3.8) is 0 Å². The molecule has 0 aliphatic carbocycles. The lowest BCUT2D eigenvalue weighted by Gasteiger charge is -2.29. The van der Waals surface area contributed by atoms with Crippen LogP contribution in [0.1, 0.15) is 12.5 Å². The van der Waals surface area contributed by atoms with Gasteiger partial charge in [-0.15, -0.1) is 11.8 Å². The number of nitrogens with one attached hydrogen (secondary N) is 2. The molecule has 0 spiro atoms. The van der Waals surface area contributed by atoms with Gasteiger partial charge in [-0.3, -0.25) is 25.2 Å². The number of anilines is 1. The summed E-state index contributed by atoms with van der Waals surface area (Å²) in [6, 6.07) is 3.04. The second-order valence-corrected chi connectivity index (χ2v) is 5.70. The third-order valence-corrected chi connectivity index (χ3v) is 3.96. The molecule has 23 heavy (non-hydrogen) atoms. The minimum Gasteiger partial charge on any atom is -0.301 e. The summed E-state index contributed by atoms with van der Waals surface area (Å²) < 4.78 is 38.5. The van der Waals surface area contributed by atoms with Gasteiger partial charge < -0.3 is 4.90 Å². The highest BCUT2D eigenvalue weighted by atomic mass is 32.2. The van der Waals surface area contributed by atoms with Gasteiger partial charge in [-0.25, -0.2) is 0 Å². The molecule has 1 heterocycles. The quantitative estimate of drug-likeness (QED) is 0.791. The number of hydrogen-bond acceptors (Lipinski definition) is 4. The smallest absolute Gasteiger partial charge is 0.301 e. The summed E-state index contributed by atoms with van der Waals surface area (Å²) in [5.41, 5.74) is 3.23. The topological polar surface area (TPSA) is 78.5 Å². The van der Waals surface area contributed by atoms with E-state index in [2.05, 4.69) is 5.43 Å². The highest BCUT2D eigenvalue weighted by Crippen LogP contribution is 2.39. The molecular weight excluding hydrogens is 335 g/mol. The fraction of sp³-hybridized carbons (Fsp3) is 0.308. The summed E-state index contributed by atoms with van der Waals surface area (Å²) in [6.07, 6.45) is -4.55. The number of rotatable bonds is 2. The number of carbonyl (C=O) groups is 3. The van der Waals surface area contributed by atoms with E-state index in [-0.39, 0.29) is 11.4 Å². The van der Waals surface area contributed by atoms with Crippen LogP contribution in [-0.4, -0.2) is 30.0 Å². The number of hydrogen-bond donors (Lipinski definition) is 2. The number of thioether (sulfide) groups is 1. The lowest BCUT2D eigenvalue weighted by Crippen LogP contribution is -2.48. The average Bonchev–Trinajstić information content (AvgIpc) is 2.46. The van der Waals surface area contributed by atoms with Crippen LogP contribution in [0.5, 0.6) is 0 Å². The van der Waals surface area contributed by atoms with Gasteiger partial charge >= 0.3 is 6.18 Å². The van der Waals surface area contributed by atoms with Crippen molar-refractivity contribution in [3.05, 3.63) is 23.8 Å². The van der Waals surface area contributed by atoms with Crippen molar-refractivity contribution >= 4 is 35.2 Å². The number of fused-ring (bicyclic) bond motifs is 1. The van der Waals surface area contributed by atoms with Gasteiger partial charge in [0.2, 0.25) is 11.8 Å². The minimum atomic E-state index is -4.55. The maximum absolute atomic E-state index is 12.8. The highest BCUT2D eigenvalue weighted by Gasteiger charge is 2.34. The van der Waals surface area contributed by atoms with Gasteiger partial charge in [-0.2, -0.15) is 13.2 Å². The molecule has 1 aliphatic heterocycles. The van der Waals surface area contributed by atoms with E-state index in [1.807, 2.05) is 5.43 Å². The average molecular weight is 347 g/mol. The van der Waals surface area contributed by atoms with Crippen molar-refractivity contribution in [2.45, 2.75) is 18.0 Å². The summed E-state index contributed by atoms with van der Waals surface area (Å²) >= 11 is 1.11. The fourth-order valence-electron chi connectivity index (χ4n) is 1.89. The Kier molecular flexibility index (Phi) is 4.83. The Labute approximate surface area is 133 Å². The number of carbonyl (C=O) groups excluding carboxylic acids is 3. The van der Waals surface area contributed by atoms with E-state index in [4.69, 9.17) is 0 Å². The number of amides is 3. The Bertz CT molecular complexity index is 664. The molecule has 6 nitrogen and oxygen atoms in total. The first kappa shape index (κ1) is 17.1. The Morgan fingerprint density at radius 1 is 1.30 bits per heavy atom. The first-order valence-electron chi connectivity index (χ1n) is 6.38. The molecule has 2 N–H and O–H groups in total. The molecule has 0 bridgehead atoms. The third kappa shape index (κ3) is 4.15. The largest absolute Gasteiger partial charge is 0.416 e. The molecule has 0 fully saturated rings. The van der Waals surface area contributed by atoms with Crippen LogP contribution in [0.25, 0.3) is 0 Å². The predicted molar refractivity (Wildman–Crippen MR) is 76.5 cm³/mol. The standard InChI is InChI=1S/C13H12F3N3O3S/c1-7(20)17-18-11(21)5-19-9-4-8(13(14,15)16)2-3-10(9)23-6-12(19)22/h2-4H,5-6H2,1H3,(H,17,20)(H,18,21). The van der Waals surface area contributed by atoms with Crippen LogP contribution in [0.15, 0.2) is 23.1 Å². The predicted octanol–water partition coefficient (Wildman–Crippen LogP) is 1.31. The van der Waals surface area contributed by atoms with Gasteiger partial charge in [-0.1, -0.05) is 0 Å². The Morgan fingerprint density at radius 3 is 2.61 bits per heavy atom. The fourth-order valence-corrected chi connectivity index (χ4v) is 2.81. The van der Waals surface area contributed by atoms with E-state index >= 15 is 0 Å². The van der Waals surface area contributed by atoms with Crippen molar-refractivity contribution in [1.29, 1.82) is 0 Å². The van der Waals surface area contributed by atoms with Gasteiger partial charge in [0.05, 0.1) is 17.0 Å². The molecule has 0 atom stereocenters. The van der Waals surface area contributed by atoms with E-state index in [0.717, 1.165) is 28.8 Å². The first-order valence-corrected chi connectivity index (χ1v) is 7.37. The van der Waals surface area contributed by atoms with Crippen LogP contribution in [0.3, 0.4) is 0 Å². The van der Waals surface area contributed by atoms with Gasteiger partial charge in [0.1, 0.15) is 6.54 Å². The van der Waals surface area contributed by atoms with Crippen LogP contribution in [-0.2, 0) is 20.6 Å². The monoisotopic (exact) mass is 347 g/mol. The Morgan fingerprint density at radius 2 is 2.00 bits per heavy atom. The number of halogens is 3.